The third kappa shape index (κ3) is 2.44. The summed E-state index contributed by atoms with van der Waals surface area (Å²) in [7, 11) is -1.12. The minimum absolute atomic E-state index is 0.393. The van der Waals surface area contributed by atoms with Crippen LogP contribution in [0.4, 0.5) is 0 Å². The number of hydrogen-bond acceptors (Lipinski definition) is 5. The zero-order valence-electron chi connectivity index (χ0n) is 10.0. The first-order valence-corrected chi connectivity index (χ1v) is 7.91. The van der Waals surface area contributed by atoms with Crippen molar-refractivity contribution in [1.29, 1.82) is 0 Å². The highest BCUT2D eigenvalue weighted by atomic mass is 32.2. The van der Waals surface area contributed by atoms with E-state index in [0.29, 0.717) is 16.6 Å². The molecule has 1 atom stereocenters. The second-order valence-electron chi connectivity index (χ2n) is 3.93. The number of rotatable bonds is 4. The summed E-state index contributed by atoms with van der Waals surface area (Å²) in [6.45, 7) is 0.393. The standard InChI is InChI=1S/C12H12N4OS2/c13-6-7-19(17)12-15-16-8-10(14-11(16)18-12)9-4-2-1-3-5-9/h1-5,8H,6-7,13H2. The third-order valence-corrected chi connectivity index (χ3v) is 5.19. The first-order chi connectivity index (χ1) is 9.28. The SMILES string of the molecule is NCCS(=O)c1nn2cc(-c3ccccc3)nc2s1. The van der Waals surface area contributed by atoms with Gasteiger partial charge in [-0.1, -0.05) is 41.7 Å². The molecule has 0 aliphatic heterocycles. The summed E-state index contributed by atoms with van der Waals surface area (Å²) < 4.78 is 14.1. The van der Waals surface area contributed by atoms with Crippen molar-refractivity contribution in [1.82, 2.24) is 14.6 Å². The monoisotopic (exact) mass is 292 g/mol. The zero-order chi connectivity index (χ0) is 13.2. The van der Waals surface area contributed by atoms with Crippen molar-refractivity contribution in [3.63, 3.8) is 0 Å². The first kappa shape index (κ1) is 12.5. The molecule has 2 N–H and O–H groups in total. The predicted molar refractivity (Wildman–Crippen MR) is 76.6 cm³/mol. The van der Waals surface area contributed by atoms with Gasteiger partial charge in [0.1, 0.15) is 0 Å². The van der Waals surface area contributed by atoms with Crippen LogP contribution >= 0.6 is 11.3 Å². The molecular formula is C12H12N4OS2. The Bertz CT molecular complexity index is 688. The molecule has 0 saturated carbocycles. The van der Waals surface area contributed by atoms with Gasteiger partial charge in [0.15, 0.2) is 0 Å². The van der Waals surface area contributed by atoms with Crippen LogP contribution in [0.5, 0.6) is 0 Å². The summed E-state index contributed by atoms with van der Waals surface area (Å²) in [6.07, 6.45) is 1.85. The van der Waals surface area contributed by atoms with Crippen molar-refractivity contribution >= 4 is 27.1 Å². The van der Waals surface area contributed by atoms with Crippen molar-refractivity contribution in [3.05, 3.63) is 36.5 Å². The Morgan fingerprint density at radius 2 is 2.11 bits per heavy atom. The molecule has 0 amide bonds. The molecule has 5 nitrogen and oxygen atoms in total. The summed E-state index contributed by atoms with van der Waals surface area (Å²) in [5.41, 5.74) is 7.31. The molecule has 3 aromatic rings. The maximum Gasteiger partial charge on any atom is 0.213 e. The molecule has 19 heavy (non-hydrogen) atoms. The van der Waals surface area contributed by atoms with Crippen LogP contribution in [0.15, 0.2) is 40.9 Å². The van der Waals surface area contributed by atoms with Crippen LogP contribution in [-0.4, -0.2) is 31.1 Å². The quantitative estimate of drug-likeness (QED) is 0.791. The molecule has 0 bridgehead atoms. The van der Waals surface area contributed by atoms with Crippen LogP contribution in [0.2, 0.25) is 0 Å². The van der Waals surface area contributed by atoms with E-state index in [9.17, 15) is 4.21 Å². The Labute approximate surface area is 116 Å². The second kappa shape index (κ2) is 5.20. The van der Waals surface area contributed by atoms with Crippen LogP contribution < -0.4 is 5.73 Å². The number of nitrogens with zero attached hydrogens (tertiary/aromatic N) is 3. The molecule has 0 aliphatic rings. The van der Waals surface area contributed by atoms with E-state index < -0.39 is 10.8 Å². The van der Waals surface area contributed by atoms with Crippen LogP contribution in [-0.2, 0) is 10.8 Å². The molecule has 3 rings (SSSR count). The minimum Gasteiger partial charge on any atom is -0.330 e. The number of hydrogen-bond donors (Lipinski definition) is 1. The van der Waals surface area contributed by atoms with Gasteiger partial charge in [0.05, 0.1) is 22.7 Å². The zero-order valence-corrected chi connectivity index (χ0v) is 11.7. The smallest absolute Gasteiger partial charge is 0.213 e. The predicted octanol–water partition coefficient (Wildman–Crippen LogP) is 1.52. The van der Waals surface area contributed by atoms with Gasteiger partial charge in [-0.05, 0) is 0 Å². The van der Waals surface area contributed by atoms with Crippen molar-refractivity contribution in [3.8, 4) is 11.3 Å². The van der Waals surface area contributed by atoms with E-state index in [1.807, 2.05) is 36.5 Å². The Morgan fingerprint density at radius 3 is 2.79 bits per heavy atom. The average molecular weight is 292 g/mol. The van der Waals surface area contributed by atoms with E-state index in [1.165, 1.54) is 11.3 Å². The summed E-state index contributed by atoms with van der Waals surface area (Å²) >= 11 is 1.35. The largest absolute Gasteiger partial charge is 0.330 e. The minimum atomic E-state index is -1.12. The fourth-order valence-corrected chi connectivity index (χ4v) is 3.75. The van der Waals surface area contributed by atoms with E-state index in [0.717, 1.165) is 16.2 Å². The Kier molecular flexibility index (Phi) is 3.41. The van der Waals surface area contributed by atoms with Crippen molar-refractivity contribution < 1.29 is 4.21 Å². The lowest BCUT2D eigenvalue weighted by Gasteiger charge is -1.94. The van der Waals surface area contributed by atoms with Crippen molar-refractivity contribution in [2.24, 2.45) is 5.73 Å². The van der Waals surface area contributed by atoms with Gasteiger partial charge in [-0.3, -0.25) is 4.21 Å². The van der Waals surface area contributed by atoms with Crippen LogP contribution in [0.25, 0.3) is 16.2 Å². The highest BCUT2D eigenvalue weighted by Gasteiger charge is 2.13. The second-order valence-corrected chi connectivity index (χ2v) is 6.63. The van der Waals surface area contributed by atoms with Gasteiger partial charge in [0.2, 0.25) is 9.30 Å². The van der Waals surface area contributed by atoms with Gasteiger partial charge in [-0.25, -0.2) is 9.50 Å². The lowest BCUT2D eigenvalue weighted by Crippen LogP contribution is -2.10. The molecule has 0 spiro atoms. The Hall–Kier alpha value is -1.57. The number of benzene rings is 1. The molecule has 2 heterocycles. The van der Waals surface area contributed by atoms with Crippen molar-refractivity contribution in [2.45, 2.75) is 4.34 Å². The molecule has 0 saturated heterocycles. The first-order valence-electron chi connectivity index (χ1n) is 5.78. The summed E-state index contributed by atoms with van der Waals surface area (Å²) in [4.78, 5) is 5.25. The summed E-state index contributed by atoms with van der Waals surface area (Å²) in [5, 5.41) is 4.29. The maximum absolute atomic E-state index is 11.8. The molecule has 7 heteroatoms. The molecular weight excluding hydrogens is 280 g/mol. The van der Waals surface area contributed by atoms with Gasteiger partial charge >= 0.3 is 0 Å². The van der Waals surface area contributed by atoms with Crippen LogP contribution in [0.3, 0.4) is 0 Å². The molecule has 0 aliphatic carbocycles. The van der Waals surface area contributed by atoms with E-state index in [1.54, 1.807) is 4.52 Å². The fourth-order valence-electron chi connectivity index (χ4n) is 1.72. The summed E-state index contributed by atoms with van der Waals surface area (Å²) in [5.74, 6) is 0.433. The van der Waals surface area contributed by atoms with Crippen LogP contribution in [0, 0.1) is 0 Å². The van der Waals surface area contributed by atoms with Crippen LogP contribution in [0.1, 0.15) is 0 Å². The molecule has 1 unspecified atom stereocenters. The van der Waals surface area contributed by atoms with E-state index in [-0.39, 0.29) is 0 Å². The highest BCUT2D eigenvalue weighted by molar-refractivity contribution is 7.87. The number of fused-ring (bicyclic) bond motifs is 1. The number of aromatic nitrogens is 3. The maximum atomic E-state index is 11.8. The molecule has 0 radical (unpaired) electrons. The van der Waals surface area contributed by atoms with Crippen molar-refractivity contribution in [2.75, 3.05) is 12.3 Å². The van der Waals surface area contributed by atoms with Gasteiger partial charge in [-0.15, -0.1) is 5.10 Å². The number of nitrogens with two attached hydrogens (primary N) is 1. The Balaban J connectivity index is 1.96. The highest BCUT2D eigenvalue weighted by Crippen LogP contribution is 2.23. The van der Waals surface area contributed by atoms with Gasteiger partial charge in [-0.2, -0.15) is 0 Å². The van der Waals surface area contributed by atoms with E-state index in [2.05, 4.69) is 10.1 Å². The molecule has 0 fully saturated rings. The topological polar surface area (TPSA) is 73.3 Å². The molecule has 1 aromatic carbocycles. The Morgan fingerprint density at radius 1 is 1.32 bits per heavy atom. The van der Waals surface area contributed by atoms with E-state index >= 15 is 0 Å². The van der Waals surface area contributed by atoms with Gasteiger partial charge in [0, 0.05) is 17.9 Å². The molecule has 98 valence electrons. The summed E-state index contributed by atoms with van der Waals surface area (Å²) in [6, 6.07) is 9.91. The number of imidazole rings is 1. The normalized spacial score (nSPS) is 12.9. The average Bonchev–Trinajstić information content (AvgIpc) is 2.98. The molecule has 2 aromatic heterocycles. The lowest BCUT2D eigenvalue weighted by molar-refractivity contribution is 0.680. The van der Waals surface area contributed by atoms with E-state index in [4.69, 9.17) is 5.73 Å². The third-order valence-electron chi connectivity index (χ3n) is 2.59. The van der Waals surface area contributed by atoms with Gasteiger partial charge < -0.3 is 5.73 Å². The lowest BCUT2D eigenvalue weighted by atomic mass is 10.2. The van der Waals surface area contributed by atoms with Gasteiger partial charge in [0.25, 0.3) is 0 Å². The fraction of sp³-hybridized carbons (Fsp3) is 0.167.